The predicted molar refractivity (Wildman–Crippen MR) is 75.9 cm³/mol. The van der Waals surface area contributed by atoms with Crippen molar-refractivity contribution in [1.29, 1.82) is 0 Å². The summed E-state index contributed by atoms with van der Waals surface area (Å²) in [5, 5.41) is 12.2. The van der Waals surface area contributed by atoms with Gasteiger partial charge >= 0.3 is 0 Å². The predicted octanol–water partition coefficient (Wildman–Crippen LogP) is 1.53. The highest BCUT2D eigenvalue weighted by Gasteiger charge is 2.34. The fourth-order valence-electron chi connectivity index (χ4n) is 3.25. The van der Waals surface area contributed by atoms with Gasteiger partial charge in [0, 0.05) is 12.6 Å². The molecule has 1 heterocycles. The van der Waals surface area contributed by atoms with Gasteiger partial charge in [-0.15, -0.1) is 0 Å². The zero-order valence-electron chi connectivity index (χ0n) is 12.3. The number of carbonyl (C=O) groups excluding carboxylic acids is 1. The van der Waals surface area contributed by atoms with Crippen molar-refractivity contribution in [2.75, 3.05) is 19.7 Å². The number of carbonyl (C=O) groups is 1. The van der Waals surface area contributed by atoms with Crippen molar-refractivity contribution in [3.8, 4) is 0 Å². The van der Waals surface area contributed by atoms with Crippen LogP contribution in [0.15, 0.2) is 0 Å². The molecule has 0 aromatic rings. The van der Waals surface area contributed by atoms with E-state index >= 15 is 0 Å². The van der Waals surface area contributed by atoms with Gasteiger partial charge in [-0.2, -0.15) is 0 Å². The lowest BCUT2D eigenvalue weighted by Crippen LogP contribution is -2.49. The molecule has 2 fully saturated rings. The smallest absolute Gasteiger partial charge is 0.224 e. The number of nitrogens with one attached hydrogen (secondary N) is 1. The van der Waals surface area contributed by atoms with Crippen molar-refractivity contribution in [2.24, 2.45) is 5.92 Å². The van der Waals surface area contributed by atoms with Gasteiger partial charge in [0.25, 0.3) is 0 Å². The molecule has 1 saturated heterocycles. The molecule has 4 nitrogen and oxygen atoms in total. The van der Waals surface area contributed by atoms with E-state index in [0.717, 1.165) is 19.5 Å². The highest BCUT2D eigenvalue weighted by atomic mass is 16.3. The molecule has 1 atom stereocenters. The number of likely N-dealkylation sites (tertiary alicyclic amines) is 1. The summed E-state index contributed by atoms with van der Waals surface area (Å²) in [4.78, 5) is 14.7. The number of hydrogen-bond donors (Lipinski definition) is 2. The first-order valence-corrected chi connectivity index (χ1v) is 7.69. The topological polar surface area (TPSA) is 52.6 Å². The lowest BCUT2D eigenvalue weighted by Gasteiger charge is -2.31. The van der Waals surface area contributed by atoms with Crippen molar-refractivity contribution in [3.05, 3.63) is 0 Å². The molecule has 1 aliphatic heterocycles. The second-order valence-electron chi connectivity index (χ2n) is 6.80. The van der Waals surface area contributed by atoms with Crippen molar-refractivity contribution in [1.82, 2.24) is 10.2 Å². The van der Waals surface area contributed by atoms with Crippen LogP contribution in [-0.2, 0) is 4.79 Å². The fourth-order valence-corrected chi connectivity index (χ4v) is 3.25. The molecule has 2 aliphatic rings. The first-order chi connectivity index (χ1) is 9.02. The summed E-state index contributed by atoms with van der Waals surface area (Å²) in [5.74, 6) is 0.213. The molecule has 2 N–H and O–H groups in total. The largest absolute Gasteiger partial charge is 0.394 e. The Bertz CT molecular complexity index is 311. The van der Waals surface area contributed by atoms with Gasteiger partial charge in [-0.3, -0.25) is 9.69 Å². The minimum Gasteiger partial charge on any atom is -0.394 e. The molecule has 0 radical (unpaired) electrons. The Kier molecular flexibility index (Phi) is 4.85. The van der Waals surface area contributed by atoms with E-state index < -0.39 is 5.54 Å². The molecule has 0 spiro atoms. The molecule has 2 rings (SSSR count). The lowest BCUT2D eigenvalue weighted by atomic mass is 9.94. The Balaban J connectivity index is 1.82. The number of aliphatic hydroxyl groups excluding tert-OH is 1. The Morgan fingerprint density at radius 3 is 2.58 bits per heavy atom. The average Bonchev–Trinajstić information content (AvgIpc) is 2.89. The fraction of sp³-hybridized carbons (Fsp3) is 0.933. The highest BCUT2D eigenvalue weighted by molar-refractivity contribution is 5.79. The van der Waals surface area contributed by atoms with Gasteiger partial charge in [0.2, 0.25) is 5.91 Å². The van der Waals surface area contributed by atoms with Gasteiger partial charge < -0.3 is 10.4 Å². The Labute approximate surface area is 116 Å². The van der Waals surface area contributed by atoms with Crippen LogP contribution in [0.5, 0.6) is 0 Å². The van der Waals surface area contributed by atoms with Crippen LogP contribution in [-0.4, -0.2) is 47.2 Å². The monoisotopic (exact) mass is 268 g/mol. The molecule has 1 aliphatic carbocycles. The van der Waals surface area contributed by atoms with Crippen molar-refractivity contribution < 1.29 is 9.90 Å². The van der Waals surface area contributed by atoms with E-state index in [0.29, 0.717) is 6.04 Å². The van der Waals surface area contributed by atoms with Gasteiger partial charge in [0.1, 0.15) is 0 Å². The van der Waals surface area contributed by atoms with E-state index in [1.165, 1.54) is 32.1 Å². The van der Waals surface area contributed by atoms with Crippen molar-refractivity contribution in [3.63, 3.8) is 0 Å². The number of amides is 1. The lowest BCUT2D eigenvalue weighted by molar-refractivity contribution is -0.126. The zero-order chi connectivity index (χ0) is 13.9. The van der Waals surface area contributed by atoms with Crippen LogP contribution in [0.4, 0.5) is 0 Å². The summed E-state index contributed by atoms with van der Waals surface area (Å²) < 4.78 is 0. The molecule has 1 amide bonds. The minimum absolute atomic E-state index is 0.0161. The summed E-state index contributed by atoms with van der Waals surface area (Å²) in [6.07, 6.45) is 7.63. The van der Waals surface area contributed by atoms with E-state index in [-0.39, 0.29) is 18.4 Å². The van der Waals surface area contributed by atoms with Crippen LogP contribution in [0.2, 0.25) is 0 Å². The van der Waals surface area contributed by atoms with Crippen LogP contribution in [0.3, 0.4) is 0 Å². The molecule has 0 aromatic heterocycles. The van der Waals surface area contributed by atoms with Gasteiger partial charge in [-0.1, -0.05) is 19.3 Å². The van der Waals surface area contributed by atoms with Crippen LogP contribution in [0.25, 0.3) is 0 Å². The molecule has 4 heteroatoms. The Morgan fingerprint density at radius 1 is 1.26 bits per heavy atom. The SMILES string of the molecule is CC(C)(CO)NC(=O)C1CCN(C2CCCCC2)C1. The third-order valence-electron chi connectivity index (χ3n) is 4.54. The molecule has 1 unspecified atom stereocenters. The van der Waals surface area contributed by atoms with Crippen LogP contribution in [0, 0.1) is 5.92 Å². The summed E-state index contributed by atoms with van der Waals surface area (Å²) >= 11 is 0. The maximum Gasteiger partial charge on any atom is 0.224 e. The minimum atomic E-state index is -0.505. The number of nitrogens with zero attached hydrogens (tertiary/aromatic N) is 1. The number of aliphatic hydroxyl groups is 1. The third kappa shape index (κ3) is 3.93. The summed E-state index contributed by atoms with van der Waals surface area (Å²) in [6.45, 7) is 5.66. The molecule has 110 valence electrons. The molecule has 0 bridgehead atoms. The van der Waals surface area contributed by atoms with Crippen molar-refractivity contribution >= 4 is 5.91 Å². The van der Waals surface area contributed by atoms with E-state index in [4.69, 9.17) is 0 Å². The molecular formula is C15H28N2O2. The molecule has 0 aromatic carbocycles. The summed E-state index contributed by atoms with van der Waals surface area (Å²) in [7, 11) is 0. The second-order valence-corrected chi connectivity index (χ2v) is 6.80. The summed E-state index contributed by atoms with van der Waals surface area (Å²) in [5.41, 5.74) is -0.505. The molecule has 19 heavy (non-hydrogen) atoms. The second kappa shape index (κ2) is 6.23. The van der Waals surface area contributed by atoms with Crippen LogP contribution < -0.4 is 5.32 Å². The Hall–Kier alpha value is -0.610. The van der Waals surface area contributed by atoms with Gasteiger partial charge in [-0.05, 0) is 39.7 Å². The zero-order valence-corrected chi connectivity index (χ0v) is 12.3. The first-order valence-electron chi connectivity index (χ1n) is 7.69. The van der Waals surface area contributed by atoms with E-state index in [2.05, 4.69) is 10.2 Å². The standard InChI is InChI=1S/C15H28N2O2/c1-15(2,11-18)16-14(19)12-8-9-17(10-12)13-6-4-3-5-7-13/h12-13,18H,3-11H2,1-2H3,(H,16,19). The number of rotatable bonds is 4. The van der Waals surface area contributed by atoms with Crippen LogP contribution >= 0.6 is 0 Å². The van der Waals surface area contributed by atoms with Crippen molar-refractivity contribution in [2.45, 2.75) is 64.0 Å². The van der Waals surface area contributed by atoms with Gasteiger partial charge in [0.15, 0.2) is 0 Å². The quantitative estimate of drug-likeness (QED) is 0.813. The third-order valence-corrected chi connectivity index (χ3v) is 4.54. The average molecular weight is 268 g/mol. The first kappa shape index (κ1) is 14.8. The maximum atomic E-state index is 12.2. The normalized spacial score (nSPS) is 26.6. The molecular weight excluding hydrogens is 240 g/mol. The summed E-state index contributed by atoms with van der Waals surface area (Å²) in [6, 6.07) is 0.706. The van der Waals surface area contributed by atoms with E-state index in [9.17, 15) is 9.90 Å². The van der Waals surface area contributed by atoms with Gasteiger partial charge in [-0.25, -0.2) is 0 Å². The molecule has 1 saturated carbocycles. The highest BCUT2D eigenvalue weighted by Crippen LogP contribution is 2.28. The van der Waals surface area contributed by atoms with E-state index in [1.54, 1.807) is 0 Å². The van der Waals surface area contributed by atoms with Gasteiger partial charge in [0.05, 0.1) is 18.1 Å². The maximum absolute atomic E-state index is 12.2. The Morgan fingerprint density at radius 2 is 1.95 bits per heavy atom. The number of hydrogen-bond acceptors (Lipinski definition) is 3. The van der Waals surface area contributed by atoms with E-state index in [1.807, 2.05) is 13.8 Å². The van der Waals surface area contributed by atoms with Crippen LogP contribution in [0.1, 0.15) is 52.4 Å².